The lowest BCUT2D eigenvalue weighted by Crippen LogP contribution is -2.13. The molecule has 0 saturated heterocycles. The molecular formula is C25H19N3O2. The monoisotopic (exact) mass is 393 g/mol. The minimum Gasteiger partial charge on any atom is -0.489 e. The summed E-state index contributed by atoms with van der Waals surface area (Å²) in [5, 5.41) is 21.1. The largest absolute Gasteiger partial charge is 0.489 e. The summed E-state index contributed by atoms with van der Waals surface area (Å²) in [6.45, 7) is 2.24. The molecule has 3 aromatic carbocycles. The van der Waals surface area contributed by atoms with Crippen molar-refractivity contribution in [3.05, 3.63) is 101 Å². The van der Waals surface area contributed by atoms with E-state index >= 15 is 0 Å². The molecule has 5 nitrogen and oxygen atoms in total. The van der Waals surface area contributed by atoms with Crippen molar-refractivity contribution in [1.82, 2.24) is 0 Å². The maximum absolute atomic E-state index is 12.5. The van der Waals surface area contributed by atoms with Crippen LogP contribution in [-0.2, 0) is 11.4 Å². The molecule has 3 rings (SSSR count). The van der Waals surface area contributed by atoms with Gasteiger partial charge in [-0.1, -0.05) is 36.4 Å². The summed E-state index contributed by atoms with van der Waals surface area (Å²) < 4.78 is 5.79. The number of carbonyl (C=O) groups is 1. The van der Waals surface area contributed by atoms with Gasteiger partial charge in [-0.15, -0.1) is 0 Å². The SMILES string of the molecule is Cc1cccc(NC(=O)/C(C#N)=C/c2cccc(OCc3cccc(C#N)c3)c2)c1. The van der Waals surface area contributed by atoms with Gasteiger partial charge in [-0.3, -0.25) is 4.79 Å². The number of ether oxygens (including phenoxy) is 1. The first-order valence-corrected chi connectivity index (χ1v) is 9.29. The van der Waals surface area contributed by atoms with E-state index in [0.29, 0.717) is 29.2 Å². The van der Waals surface area contributed by atoms with Crippen molar-refractivity contribution in [2.75, 3.05) is 5.32 Å². The number of rotatable bonds is 6. The third-order valence-corrected chi connectivity index (χ3v) is 4.27. The Morgan fingerprint density at radius 3 is 2.60 bits per heavy atom. The standard InChI is InChI=1S/C25H19N3O2/c1-18-5-2-9-23(11-18)28-25(29)22(16-27)13-19-6-4-10-24(14-19)30-17-21-8-3-7-20(12-21)15-26/h2-14H,17H2,1H3,(H,28,29)/b22-13+. The van der Waals surface area contributed by atoms with Crippen LogP contribution in [0.3, 0.4) is 0 Å². The molecule has 0 radical (unpaired) electrons. The molecule has 0 saturated carbocycles. The molecule has 0 aliphatic carbocycles. The summed E-state index contributed by atoms with van der Waals surface area (Å²) in [7, 11) is 0. The minimum absolute atomic E-state index is 0.00428. The highest BCUT2D eigenvalue weighted by molar-refractivity contribution is 6.09. The number of benzene rings is 3. The maximum atomic E-state index is 12.5. The molecule has 0 aromatic heterocycles. The van der Waals surface area contributed by atoms with Crippen molar-refractivity contribution in [2.24, 2.45) is 0 Å². The van der Waals surface area contributed by atoms with E-state index in [1.165, 1.54) is 6.08 Å². The van der Waals surface area contributed by atoms with Crippen LogP contribution in [-0.4, -0.2) is 5.91 Å². The van der Waals surface area contributed by atoms with Gasteiger partial charge in [-0.25, -0.2) is 0 Å². The van der Waals surface area contributed by atoms with Gasteiger partial charge in [0.05, 0.1) is 11.6 Å². The summed E-state index contributed by atoms with van der Waals surface area (Å²) in [5.74, 6) is 0.130. The normalized spacial score (nSPS) is 10.6. The van der Waals surface area contributed by atoms with Crippen LogP contribution < -0.4 is 10.1 Å². The fraction of sp³-hybridized carbons (Fsp3) is 0.0800. The molecule has 0 aliphatic heterocycles. The smallest absolute Gasteiger partial charge is 0.266 e. The van der Waals surface area contributed by atoms with Crippen LogP contribution in [0.2, 0.25) is 0 Å². The van der Waals surface area contributed by atoms with E-state index in [4.69, 9.17) is 10.00 Å². The Bertz CT molecular complexity index is 1180. The lowest BCUT2D eigenvalue weighted by atomic mass is 10.1. The van der Waals surface area contributed by atoms with Gasteiger partial charge in [0.2, 0.25) is 0 Å². The molecule has 30 heavy (non-hydrogen) atoms. The first-order valence-electron chi connectivity index (χ1n) is 9.29. The van der Waals surface area contributed by atoms with E-state index in [1.807, 2.05) is 43.3 Å². The second-order valence-corrected chi connectivity index (χ2v) is 6.67. The summed E-state index contributed by atoms with van der Waals surface area (Å²) >= 11 is 0. The Hall–Kier alpha value is -4.35. The number of nitrogens with zero attached hydrogens (tertiary/aromatic N) is 2. The van der Waals surface area contributed by atoms with E-state index in [-0.39, 0.29) is 5.57 Å². The maximum Gasteiger partial charge on any atom is 0.266 e. The van der Waals surface area contributed by atoms with Gasteiger partial charge >= 0.3 is 0 Å². The van der Waals surface area contributed by atoms with Crippen molar-refractivity contribution >= 4 is 17.7 Å². The lowest BCUT2D eigenvalue weighted by molar-refractivity contribution is -0.112. The van der Waals surface area contributed by atoms with E-state index in [0.717, 1.165) is 11.1 Å². The number of anilines is 1. The van der Waals surface area contributed by atoms with Crippen molar-refractivity contribution < 1.29 is 9.53 Å². The fourth-order valence-corrected chi connectivity index (χ4v) is 2.83. The van der Waals surface area contributed by atoms with Crippen molar-refractivity contribution in [3.63, 3.8) is 0 Å². The van der Waals surface area contributed by atoms with Gasteiger partial charge in [0.25, 0.3) is 5.91 Å². The molecule has 0 atom stereocenters. The molecular weight excluding hydrogens is 374 g/mol. The lowest BCUT2D eigenvalue weighted by Gasteiger charge is -2.08. The Morgan fingerprint density at radius 1 is 1.03 bits per heavy atom. The highest BCUT2D eigenvalue weighted by Crippen LogP contribution is 2.19. The van der Waals surface area contributed by atoms with Crippen LogP contribution in [0, 0.1) is 29.6 Å². The molecule has 5 heteroatoms. The summed E-state index contributed by atoms with van der Waals surface area (Å²) in [4.78, 5) is 12.5. The average molecular weight is 393 g/mol. The van der Waals surface area contributed by atoms with Crippen LogP contribution >= 0.6 is 0 Å². The van der Waals surface area contributed by atoms with Gasteiger partial charge in [-0.2, -0.15) is 10.5 Å². The Balaban J connectivity index is 1.71. The molecule has 0 aliphatic rings. The van der Waals surface area contributed by atoms with Crippen LogP contribution in [0.4, 0.5) is 5.69 Å². The van der Waals surface area contributed by atoms with Gasteiger partial charge in [0, 0.05) is 5.69 Å². The zero-order valence-electron chi connectivity index (χ0n) is 16.4. The van der Waals surface area contributed by atoms with E-state index in [1.54, 1.807) is 42.5 Å². The van der Waals surface area contributed by atoms with E-state index in [2.05, 4.69) is 11.4 Å². The minimum atomic E-state index is -0.470. The van der Waals surface area contributed by atoms with Crippen molar-refractivity contribution in [3.8, 4) is 17.9 Å². The molecule has 0 spiro atoms. The Kier molecular flexibility index (Phi) is 6.61. The van der Waals surface area contributed by atoms with Gasteiger partial charge in [0.1, 0.15) is 24.0 Å². The van der Waals surface area contributed by atoms with Gasteiger partial charge in [0.15, 0.2) is 0 Å². The molecule has 146 valence electrons. The Morgan fingerprint density at radius 2 is 1.83 bits per heavy atom. The molecule has 0 unspecified atom stereocenters. The molecule has 3 aromatic rings. The highest BCUT2D eigenvalue weighted by atomic mass is 16.5. The molecule has 0 fully saturated rings. The quantitative estimate of drug-likeness (QED) is 0.472. The number of aryl methyl sites for hydroxylation is 1. The van der Waals surface area contributed by atoms with Gasteiger partial charge < -0.3 is 10.1 Å². The summed E-state index contributed by atoms with van der Waals surface area (Å²) in [6.07, 6.45) is 1.52. The van der Waals surface area contributed by atoms with Crippen LogP contribution in [0.1, 0.15) is 22.3 Å². The number of carbonyl (C=O) groups excluding carboxylic acids is 1. The van der Waals surface area contributed by atoms with Crippen LogP contribution in [0.15, 0.2) is 78.4 Å². The fourth-order valence-electron chi connectivity index (χ4n) is 2.83. The predicted molar refractivity (Wildman–Crippen MR) is 115 cm³/mol. The number of nitrogens with one attached hydrogen (secondary N) is 1. The first kappa shape index (κ1) is 20.4. The van der Waals surface area contributed by atoms with Crippen molar-refractivity contribution in [1.29, 1.82) is 10.5 Å². The molecule has 0 heterocycles. The highest BCUT2D eigenvalue weighted by Gasteiger charge is 2.10. The summed E-state index contributed by atoms with van der Waals surface area (Å²) in [5.41, 5.74) is 3.78. The predicted octanol–water partition coefficient (Wildman–Crippen LogP) is 4.99. The molecule has 1 N–H and O–H groups in total. The second kappa shape index (κ2) is 9.73. The number of amides is 1. The first-order chi connectivity index (χ1) is 14.6. The van der Waals surface area contributed by atoms with Crippen LogP contribution in [0.25, 0.3) is 6.08 Å². The van der Waals surface area contributed by atoms with E-state index in [9.17, 15) is 10.1 Å². The van der Waals surface area contributed by atoms with E-state index < -0.39 is 5.91 Å². The van der Waals surface area contributed by atoms with Crippen LogP contribution in [0.5, 0.6) is 5.75 Å². The third kappa shape index (κ3) is 5.58. The number of hydrogen-bond donors (Lipinski definition) is 1. The molecule has 1 amide bonds. The zero-order valence-corrected chi connectivity index (χ0v) is 16.4. The third-order valence-electron chi connectivity index (χ3n) is 4.27. The molecule has 0 bridgehead atoms. The Labute approximate surface area is 175 Å². The number of nitriles is 2. The van der Waals surface area contributed by atoms with Gasteiger partial charge in [-0.05, 0) is 66.1 Å². The second-order valence-electron chi connectivity index (χ2n) is 6.67. The van der Waals surface area contributed by atoms with Crippen molar-refractivity contribution in [2.45, 2.75) is 13.5 Å². The number of hydrogen-bond acceptors (Lipinski definition) is 4. The topological polar surface area (TPSA) is 85.9 Å². The summed E-state index contributed by atoms with van der Waals surface area (Å²) in [6, 6.07) is 25.8. The average Bonchev–Trinajstić information content (AvgIpc) is 2.76. The zero-order chi connectivity index (χ0) is 21.3.